The van der Waals surface area contributed by atoms with Crippen LogP contribution in [0.15, 0.2) is 0 Å². The van der Waals surface area contributed by atoms with Crippen LogP contribution < -0.4 is 4.72 Å². The number of rotatable bonds is 3. The number of nitrogens with one attached hydrogen (secondary N) is 1. The van der Waals surface area contributed by atoms with Gasteiger partial charge in [0.2, 0.25) is 0 Å². The molecule has 1 saturated carbocycles. The molecule has 0 aromatic heterocycles. The molecule has 0 aromatic rings. The van der Waals surface area contributed by atoms with Gasteiger partial charge in [-0.1, -0.05) is 0 Å². The molecule has 0 radical (unpaired) electrons. The number of hydrogen-bond donors (Lipinski definition) is 1. The normalized spacial score (nSPS) is 31.1. The van der Waals surface area contributed by atoms with Crippen LogP contribution in [0, 0.1) is 5.92 Å². The van der Waals surface area contributed by atoms with Crippen molar-refractivity contribution < 1.29 is 4.21 Å². The minimum atomic E-state index is -0.926. The molecule has 0 bridgehead atoms. The highest BCUT2D eigenvalue weighted by Gasteiger charge is 2.31. The van der Waals surface area contributed by atoms with Crippen molar-refractivity contribution in [2.75, 3.05) is 5.88 Å². The van der Waals surface area contributed by atoms with Gasteiger partial charge in [-0.3, -0.25) is 0 Å². The maximum atomic E-state index is 11.6. The summed E-state index contributed by atoms with van der Waals surface area (Å²) in [7, 11) is -0.926. The predicted octanol–water partition coefficient (Wildman–Crippen LogP) is 2.06. The van der Waals surface area contributed by atoms with E-state index in [4.69, 9.17) is 11.6 Å². The number of alkyl halides is 1. The van der Waals surface area contributed by atoms with E-state index in [2.05, 4.69) is 4.72 Å². The highest BCUT2D eigenvalue weighted by atomic mass is 35.5. The molecule has 0 heterocycles. The second-order valence-corrected chi connectivity index (χ2v) is 6.99. The molecule has 1 fully saturated rings. The van der Waals surface area contributed by atoms with E-state index in [-0.39, 0.29) is 4.75 Å². The van der Waals surface area contributed by atoms with Crippen molar-refractivity contribution >= 4 is 22.6 Å². The fraction of sp³-hybridized carbons (Fsp3) is 1.00. The van der Waals surface area contributed by atoms with E-state index in [9.17, 15) is 4.21 Å². The van der Waals surface area contributed by atoms with Crippen molar-refractivity contribution in [2.24, 2.45) is 5.92 Å². The van der Waals surface area contributed by atoms with Gasteiger partial charge in [0.15, 0.2) is 0 Å². The van der Waals surface area contributed by atoms with Crippen molar-refractivity contribution in [1.29, 1.82) is 0 Å². The van der Waals surface area contributed by atoms with Crippen LogP contribution in [0.3, 0.4) is 0 Å². The van der Waals surface area contributed by atoms with Crippen LogP contribution in [0.1, 0.15) is 33.6 Å². The SMILES string of the molecule is CC(C)(C)S(=O)NC1CC(CCl)C1. The highest BCUT2D eigenvalue weighted by Crippen LogP contribution is 2.29. The van der Waals surface area contributed by atoms with Gasteiger partial charge < -0.3 is 0 Å². The molecule has 2 nitrogen and oxygen atoms in total. The first-order chi connectivity index (χ1) is 5.93. The van der Waals surface area contributed by atoms with E-state index in [1.54, 1.807) is 0 Å². The van der Waals surface area contributed by atoms with Crippen molar-refractivity contribution in [1.82, 2.24) is 4.72 Å². The molecule has 1 aliphatic rings. The largest absolute Gasteiger partial charge is 0.242 e. The summed E-state index contributed by atoms with van der Waals surface area (Å²) in [4.78, 5) is 0. The Balaban J connectivity index is 2.25. The first kappa shape index (κ1) is 11.5. The van der Waals surface area contributed by atoms with Gasteiger partial charge in [0.05, 0.1) is 15.7 Å². The third-order valence-electron chi connectivity index (χ3n) is 2.28. The zero-order chi connectivity index (χ0) is 10.1. The van der Waals surface area contributed by atoms with Gasteiger partial charge in [0.1, 0.15) is 0 Å². The summed E-state index contributed by atoms with van der Waals surface area (Å²) in [5, 5.41) is 0. The monoisotopic (exact) mass is 223 g/mol. The molecule has 0 amide bonds. The Morgan fingerprint density at radius 1 is 1.46 bits per heavy atom. The molecular formula is C9H18ClNOS. The molecule has 4 heteroatoms. The third-order valence-corrected chi connectivity index (χ3v) is 4.38. The average molecular weight is 224 g/mol. The molecule has 13 heavy (non-hydrogen) atoms. The van der Waals surface area contributed by atoms with Gasteiger partial charge >= 0.3 is 0 Å². The topological polar surface area (TPSA) is 29.1 Å². The second kappa shape index (κ2) is 4.28. The van der Waals surface area contributed by atoms with E-state index >= 15 is 0 Å². The van der Waals surface area contributed by atoms with E-state index < -0.39 is 11.0 Å². The third kappa shape index (κ3) is 3.22. The smallest absolute Gasteiger partial charge is 0.0972 e. The fourth-order valence-corrected chi connectivity index (χ4v) is 2.39. The minimum Gasteiger partial charge on any atom is -0.242 e. The molecule has 1 N–H and O–H groups in total. The number of hydrogen-bond acceptors (Lipinski definition) is 1. The zero-order valence-electron chi connectivity index (χ0n) is 8.47. The van der Waals surface area contributed by atoms with E-state index in [1.165, 1.54) is 0 Å². The van der Waals surface area contributed by atoms with Crippen molar-refractivity contribution in [3.63, 3.8) is 0 Å². The molecule has 1 aliphatic carbocycles. The molecule has 0 spiro atoms. The van der Waals surface area contributed by atoms with E-state index in [0.717, 1.165) is 18.7 Å². The minimum absolute atomic E-state index is 0.161. The van der Waals surface area contributed by atoms with Crippen LogP contribution in [0.2, 0.25) is 0 Å². The van der Waals surface area contributed by atoms with Crippen LogP contribution in [-0.4, -0.2) is 20.9 Å². The Bertz CT molecular complexity index is 196. The summed E-state index contributed by atoms with van der Waals surface area (Å²) in [6, 6.07) is 0.420. The number of halogens is 1. The first-order valence-corrected chi connectivity index (χ1v) is 6.36. The van der Waals surface area contributed by atoms with Crippen molar-refractivity contribution in [2.45, 2.75) is 44.4 Å². The lowest BCUT2D eigenvalue weighted by Gasteiger charge is -2.35. The Labute approximate surface area is 88.0 Å². The van der Waals surface area contributed by atoms with Crippen molar-refractivity contribution in [3.05, 3.63) is 0 Å². The van der Waals surface area contributed by atoms with Gasteiger partial charge in [0, 0.05) is 11.9 Å². The zero-order valence-corrected chi connectivity index (χ0v) is 10.0. The Kier molecular flexibility index (Phi) is 3.78. The Morgan fingerprint density at radius 2 is 2.00 bits per heavy atom. The highest BCUT2D eigenvalue weighted by molar-refractivity contribution is 7.84. The maximum absolute atomic E-state index is 11.6. The van der Waals surface area contributed by atoms with Gasteiger partial charge in [-0.15, -0.1) is 11.6 Å². The van der Waals surface area contributed by atoms with Crippen LogP contribution in [0.5, 0.6) is 0 Å². The predicted molar refractivity (Wildman–Crippen MR) is 58.3 cm³/mol. The molecular weight excluding hydrogens is 206 g/mol. The van der Waals surface area contributed by atoms with E-state index in [0.29, 0.717) is 12.0 Å². The van der Waals surface area contributed by atoms with Crippen LogP contribution in [0.25, 0.3) is 0 Å². The average Bonchev–Trinajstić information content (AvgIpc) is 1.93. The molecule has 78 valence electrons. The van der Waals surface area contributed by atoms with Crippen LogP contribution in [0.4, 0.5) is 0 Å². The van der Waals surface area contributed by atoms with Gasteiger partial charge in [-0.25, -0.2) is 8.93 Å². The molecule has 0 aliphatic heterocycles. The molecule has 1 unspecified atom stereocenters. The summed E-state index contributed by atoms with van der Waals surface area (Å²) in [5.41, 5.74) is 0. The van der Waals surface area contributed by atoms with E-state index in [1.807, 2.05) is 20.8 Å². The lowest BCUT2D eigenvalue weighted by Crippen LogP contribution is -2.46. The Hall–Kier alpha value is 0.400. The summed E-state index contributed by atoms with van der Waals surface area (Å²) in [6.07, 6.45) is 2.15. The van der Waals surface area contributed by atoms with Gasteiger partial charge in [-0.05, 0) is 39.5 Å². The van der Waals surface area contributed by atoms with Gasteiger partial charge in [-0.2, -0.15) is 0 Å². The molecule has 0 aromatic carbocycles. The standard InChI is InChI=1S/C9H18ClNOS/c1-9(2,3)13(12)11-8-4-7(5-8)6-10/h7-8,11H,4-6H2,1-3H3. The molecule has 1 atom stereocenters. The summed E-state index contributed by atoms with van der Waals surface area (Å²) in [5.74, 6) is 1.37. The molecule has 1 rings (SSSR count). The summed E-state index contributed by atoms with van der Waals surface area (Å²) in [6.45, 7) is 5.94. The van der Waals surface area contributed by atoms with Gasteiger partial charge in [0.25, 0.3) is 0 Å². The summed E-state index contributed by atoms with van der Waals surface area (Å²) >= 11 is 5.69. The lowest BCUT2D eigenvalue weighted by molar-refractivity contribution is 0.275. The molecule has 0 saturated heterocycles. The van der Waals surface area contributed by atoms with Crippen molar-refractivity contribution in [3.8, 4) is 0 Å². The van der Waals surface area contributed by atoms with Crippen LogP contribution in [-0.2, 0) is 11.0 Å². The maximum Gasteiger partial charge on any atom is 0.0972 e. The fourth-order valence-electron chi connectivity index (χ4n) is 1.29. The quantitative estimate of drug-likeness (QED) is 0.730. The first-order valence-electron chi connectivity index (χ1n) is 4.67. The Morgan fingerprint density at radius 3 is 2.38 bits per heavy atom. The lowest BCUT2D eigenvalue weighted by atomic mass is 9.82. The van der Waals surface area contributed by atoms with Crippen LogP contribution >= 0.6 is 11.6 Å². The second-order valence-electron chi connectivity index (χ2n) is 4.69. The summed E-state index contributed by atoms with van der Waals surface area (Å²) < 4.78 is 14.6.